The molecule has 0 bridgehead atoms. The van der Waals surface area contributed by atoms with E-state index >= 15 is 0 Å². The molecule has 0 radical (unpaired) electrons. The molecule has 0 aliphatic carbocycles. The Balaban J connectivity index is 2.70. The molecule has 2 aromatic carbocycles. The number of nitrogens with zero attached hydrogens (tertiary/aromatic N) is 1. The van der Waals surface area contributed by atoms with E-state index in [1.54, 1.807) is 20.3 Å². The van der Waals surface area contributed by atoms with Crippen molar-refractivity contribution in [1.29, 1.82) is 5.26 Å². The third-order valence-electron chi connectivity index (χ3n) is 3.61. The lowest BCUT2D eigenvalue weighted by atomic mass is 9.84. The number of rotatable bonds is 3. The van der Waals surface area contributed by atoms with Crippen LogP contribution in [0.25, 0.3) is 11.1 Å². The van der Waals surface area contributed by atoms with Crippen molar-refractivity contribution in [3.63, 3.8) is 0 Å². The second-order valence-electron chi connectivity index (χ2n) is 6.20. The van der Waals surface area contributed by atoms with E-state index in [4.69, 9.17) is 14.7 Å². The standard InChI is InChI=1S/C19H21NO2/c1-19(2,3)16-10-15(11-17(21-4)18(16)22-5)14-8-6-7-13(9-14)12-20/h6-11H,1-5H3. The topological polar surface area (TPSA) is 42.2 Å². The Bertz CT molecular complexity index is 721. The summed E-state index contributed by atoms with van der Waals surface area (Å²) in [6.07, 6.45) is 0. The molecule has 114 valence electrons. The minimum atomic E-state index is -0.0819. The van der Waals surface area contributed by atoms with Crippen LogP contribution in [-0.2, 0) is 5.41 Å². The van der Waals surface area contributed by atoms with E-state index in [2.05, 4.69) is 32.9 Å². The van der Waals surface area contributed by atoms with Gasteiger partial charge in [-0.15, -0.1) is 0 Å². The molecule has 3 heteroatoms. The Morgan fingerprint density at radius 2 is 1.68 bits per heavy atom. The SMILES string of the molecule is COc1cc(-c2cccc(C#N)c2)cc(C(C)(C)C)c1OC. The summed E-state index contributed by atoms with van der Waals surface area (Å²) < 4.78 is 11.1. The fourth-order valence-corrected chi connectivity index (χ4v) is 2.46. The summed E-state index contributed by atoms with van der Waals surface area (Å²) in [5.74, 6) is 1.46. The summed E-state index contributed by atoms with van der Waals surface area (Å²) >= 11 is 0. The molecule has 0 heterocycles. The Hall–Kier alpha value is -2.47. The minimum absolute atomic E-state index is 0.0819. The van der Waals surface area contributed by atoms with E-state index in [1.807, 2.05) is 24.3 Å². The molecule has 0 amide bonds. The molecule has 2 aromatic rings. The molecule has 0 spiro atoms. The molecule has 0 aliphatic heterocycles. The molecule has 2 rings (SSSR count). The highest BCUT2D eigenvalue weighted by atomic mass is 16.5. The van der Waals surface area contributed by atoms with Gasteiger partial charge in [-0.2, -0.15) is 5.26 Å². The van der Waals surface area contributed by atoms with Crippen molar-refractivity contribution in [2.75, 3.05) is 14.2 Å². The summed E-state index contributed by atoms with van der Waals surface area (Å²) in [4.78, 5) is 0. The van der Waals surface area contributed by atoms with Crippen molar-refractivity contribution in [2.24, 2.45) is 0 Å². The lowest BCUT2D eigenvalue weighted by Gasteiger charge is -2.24. The number of benzene rings is 2. The molecular formula is C19H21NO2. The van der Waals surface area contributed by atoms with Gasteiger partial charge in [0.05, 0.1) is 25.9 Å². The number of methoxy groups -OCH3 is 2. The first-order valence-corrected chi connectivity index (χ1v) is 7.17. The highest BCUT2D eigenvalue weighted by Crippen LogP contribution is 2.41. The van der Waals surface area contributed by atoms with E-state index in [1.165, 1.54) is 0 Å². The van der Waals surface area contributed by atoms with Gasteiger partial charge >= 0.3 is 0 Å². The van der Waals surface area contributed by atoms with Crippen molar-refractivity contribution >= 4 is 0 Å². The van der Waals surface area contributed by atoms with Gasteiger partial charge in [0, 0.05) is 5.56 Å². The van der Waals surface area contributed by atoms with Gasteiger partial charge in [-0.3, -0.25) is 0 Å². The molecule has 0 aliphatic rings. The van der Waals surface area contributed by atoms with Crippen LogP contribution in [0.5, 0.6) is 11.5 Å². The van der Waals surface area contributed by atoms with Crippen molar-refractivity contribution in [3.05, 3.63) is 47.5 Å². The summed E-state index contributed by atoms with van der Waals surface area (Å²) in [5.41, 5.74) is 3.64. The molecular weight excluding hydrogens is 274 g/mol. The van der Waals surface area contributed by atoms with Crippen LogP contribution in [-0.4, -0.2) is 14.2 Å². The summed E-state index contributed by atoms with van der Waals surface area (Å²) in [7, 11) is 3.29. The molecule has 0 aromatic heterocycles. The van der Waals surface area contributed by atoms with E-state index < -0.39 is 0 Å². The van der Waals surface area contributed by atoms with Gasteiger partial charge in [-0.25, -0.2) is 0 Å². The maximum absolute atomic E-state index is 9.08. The van der Waals surface area contributed by atoms with Crippen LogP contribution >= 0.6 is 0 Å². The molecule has 22 heavy (non-hydrogen) atoms. The van der Waals surface area contributed by atoms with Crippen LogP contribution in [0.3, 0.4) is 0 Å². The quantitative estimate of drug-likeness (QED) is 0.834. The fraction of sp³-hybridized carbons (Fsp3) is 0.316. The molecule has 0 saturated carbocycles. The zero-order chi connectivity index (χ0) is 16.3. The van der Waals surface area contributed by atoms with Crippen LogP contribution in [0.15, 0.2) is 36.4 Å². The van der Waals surface area contributed by atoms with Crippen LogP contribution in [0.1, 0.15) is 31.9 Å². The maximum Gasteiger partial charge on any atom is 0.164 e. The van der Waals surface area contributed by atoms with E-state index in [-0.39, 0.29) is 5.41 Å². The zero-order valence-corrected chi connectivity index (χ0v) is 13.7. The summed E-state index contributed by atoms with van der Waals surface area (Å²) in [6.45, 7) is 6.42. The first-order chi connectivity index (χ1) is 10.4. The number of ether oxygens (including phenoxy) is 2. The van der Waals surface area contributed by atoms with Gasteiger partial charge in [0.1, 0.15) is 0 Å². The Kier molecular flexibility index (Phi) is 4.42. The zero-order valence-electron chi connectivity index (χ0n) is 13.7. The van der Waals surface area contributed by atoms with Crippen LogP contribution in [0.2, 0.25) is 0 Å². The van der Waals surface area contributed by atoms with Crippen molar-refractivity contribution in [2.45, 2.75) is 26.2 Å². The molecule has 0 saturated heterocycles. The van der Waals surface area contributed by atoms with Gasteiger partial charge in [0.25, 0.3) is 0 Å². The first-order valence-electron chi connectivity index (χ1n) is 7.17. The lowest BCUT2D eigenvalue weighted by molar-refractivity contribution is 0.345. The Morgan fingerprint density at radius 3 is 2.23 bits per heavy atom. The number of hydrogen-bond donors (Lipinski definition) is 0. The Morgan fingerprint density at radius 1 is 0.955 bits per heavy atom. The fourth-order valence-electron chi connectivity index (χ4n) is 2.46. The van der Waals surface area contributed by atoms with Gasteiger partial charge in [-0.05, 0) is 40.8 Å². The highest BCUT2D eigenvalue weighted by Gasteiger charge is 2.23. The van der Waals surface area contributed by atoms with E-state index in [0.29, 0.717) is 11.3 Å². The van der Waals surface area contributed by atoms with Crippen molar-refractivity contribution in [3.8, 4) is 28.7 Å². The molecule has 0 unspecified atom stereocenters. The van der Waals surface area contributed by atoms with E-state index in [9.17, 15) is 0 Å². The van der Waals surface area contributed by atoms with Gasteiger partial charge in [-0.1, -0.05) is 32.9 Å². The second kappa shape index (κ2) is 6.11. The van der Waals surface area contributed by atoms with Crippen LogP contribution < -0.4 is 9.47 Å². The molecule has 0 fully saturated rings. The third-order valence-corrected chi connectivity index (χ3v) is 3.61. The average molecular weight is 295 g/mol. The lowest BCUT2D eigenvalue weighted by Crippen LogP contribution is -2.13. The monoisotopic (exact) mass is 295 g/mol. The number of nitriles is 1. The molecule has 3 nitrogen and oxygen atoms in total. The molecule has 0 atom stereocenters. The average Bonchev–Trinajstić information content (AvgIpc) is 2.52. The van der Waals surface area contributed by atoms with E-state index in [0.717, 1.165) is 22.4 Å². The predicted molar refractivity (Wildman–Crippen MR) is 88.4 cm³/mol. The van der Waals surface area contributed by atoms with Gasteiger partial charge in [0.2, 0.25) is 0 Å². The van der Waals surface area contributed by atoms with Gasteiger partial charge in [0.15, 0.2) is 11.5 Å². The largest absolute Gasteiger partial charge is 0.493 e. The van der Waals surface area contributed by atoms with Crippen LogP contribution in [0.4, 0.5) is 0 Å². The normalized spacial score (nSPS) is 10.9. The van der Waals surface area contributed by atoms with Gasteiger partial charge < -0.3 is 9.47 Å². The third kappa shape index (κ3) is 3.07. The predicted octanol–water partition coefficient (Wildman–Crippen LogP) is 4.54. The summed E-state index contributed by atoms with van der Waals surface area (Å²) in [5, 5.41) is 9.08. The highest BCUT2D eigenvalue weighted by molar-refractivity contribution is 5.71. The van der Waals surface area contributed by atoms with Crippen molar-refractivity contribution in [1.82, 2.24) is 0 Å². The van der Waals surface area contributed by atoms with Crippen molar-refractivity contribution < 1.29 is 9.47 Å². The summed E-state index contributed by atoms with van der Waals surface area (Å²) in [6, 6.07) is 13.8. The van der Waals surface area contributed by atoms with Crippen LogP contribution in [0, 0.1) is 11.3 Å². The smallest absolute Gasteiger partial charge is 0.164 e. The Labute approximate surface area is 132 Å². The second-order valence-corrected chi connectivity index (χ2v) is 6.20. The number of hydrogen-bond acceptors (Lipinski definition) is 3. The minimum Gasteiger partial charge on any atom is -0.493 e. The first kappa shape index (κ1) is 15.9. The maximum atomic E-state index is 9.08. The molecule has 0 N–H and O–H groups in total.